The molecule has 0 bridgehead atoms. The van der Waals surface area contributed by atoms with E-state index in [0.29, 0.717) is 10.0 Å². The van der Waals surface area contributed by atoms with E-state index in [9.17, 15) is 4.79 Å². The number of imidazole rings is 1. The third-order valence-corrected chi connectivity index (χ3v) is 5.48. The first-order chi connectivity index (χ1) is 11.1. The van der Waals surface area contributed by atoms with Gasteiger partial charge in [0.05, 0.1) is 6.04 Å². The molecule has 1 fully saturated rings. The first kappa shape index (κ1) is 14.7. The van der Waals surface area contributed by atoms with Gasteiger partial charge in [-0.15, -0.1) is 0 Å². The van der Waals surface area contributed by atoms with Crippen molar-refractivity contribution in [3.05, 3.63) is 51.9 Å². The summed E-state index contributed by atoms with van der Waals surface area (Å²) in [5, 5.41) is 5.70. The van der Waals surface area contributed by atoms with Crippen molar-refractivity contribution in [2.75, 3.05) is 6.54 Å². The van der Waals surface area contributed by atoms with Crippen LogP contribution in [0.2, 0.25) is 5.02 Å². The molecule has 1 aliphatic rings. The predicted molar refractivity (Wildman–Crippen MR) is 88.8 cm³/mol. The minimum absolute atomic E-state index is 0.00977. The molecule has 3 aromatic rings. The maximum absolute atomic E-state index is 12.9. The topological polar surface area (TPSA) is 53.1 Å². The van der Waals surface area contributed by atoms with Crippen LogP contribution in [0.15, 0.2) is 30.5 Å². The normalized spacial score (nSPS) is 18.0. The predicted octanol–water partition coefficient (Wildman–Crippen LogP) is 3.15. The molecule has 7 heteroatoms. The number of nitrogens with zero attached hydrogens (tertiary/aromatic N) is 3. The summed E-state index contributed by atoms with van der Waals surface area (Å²) in [6.45, 7) is 2.71. The van der Waals surface area contributed by atoms with Crippen LogP contribution in [0.5, 0.6) is 0 Å². The van der Waals surface area contributed by atoms with E-state index < -0.39 is 0 Å². The van der Waals surface area contributed by atoms with Crippen LogP contribution in [0, 0.1) is 6.92 Å². The number of amides is 1. The molecule has 2 aromatic heterocycles. The van der Waals surface area contributed by atoms with Crippen LogP contribution in [0.3, 0.4) is 0 Å². The first-order valence-electron chi connectivity index (χ1n) is 7.57. The second-order valence-electron chi connectivity index (χ2n) is 5.74. The molecule has 1 amide bonds. The number of nitrogens with one attached hydrogen (secondary N) is 1. The summed E-state index contributed by atoms with van der Waals surface area (Å²) < 4.78 is 1.78. The van der Waals surface area contributed by atoms with Crippen LogP contribution in [-0.2, 0) is 0 Å². The highest BCUT2D eigenvalue weighted by atomic mass is 35.5. The molecular weight excluding hydrogens is 332 g/mol. The van der Waals surface area contributed by atoms with Crippen molar-refractivity contribution in [3.8, 4) is 0 Å². The molecule has 3 heterocycles. The molecule has 5 nitrogen and oxygen atoms in total. The average Bonchev–Trinajstić information content (AvgIpc) is 3.25. The lowest BCUT2D eigenvalue weighted by Gasteiger charge is -2.23. The van der Waals surface area contributed by atoms with Gasteiger partial charge in [-0.25, -0.2) is 4.98 Å². The molecule has 1 saturated heterocycles. The minimum atomic E-state index is 0.00977. The van der Waals surface area contributed by atoms with Crippen molar-refractivity contribution < 1.29 is 9.31 Å². The van der Waals surface area contributed by atoms with E-state index in [4.69, 9.17) is 11.6 Å². The van der Waals surface area contributed by atoms with E-state index >= 15 is 0 Å². The lowest BCUT2D eigenvalue weighted by molar-refractivity contribution is -0.582. The number of hydrogen-bond donors (Lipinski definition) is 1. The van der Waals surface area contributed by atoms with Gasteiger partial charge in [0.2, 0.25) is 5.01 Å². The minimum Gasteiger partial charge on any atom is -0.329 e. The number of hydrogen-bond acceptors (Lipinski definition) is 3. The van der Waals surface area contributed by atoms with Crippen LogP contribution in [0.1, 0.15) is 40.1 Å². The van der Waals surface area contributed by atoms with Crippen molar-refractivity contribution in [2.24, 2.45) is 0 Å². The second kappa shape index (κ2) is 5.62. The van der Waals surface area contributed by atoms with Crippen LogP contribution < -0.4 is 4.52 Å². The van der Waals surface area contributed by atoms with Crippen molar-refractivity contribution in [2.45, 2.75) is 25.8 Å². The Bertz CT molecular complexity index is 870. The maximum atomic E-state index is 12.9. The first-order valence-corrected chi connectivity index (χ1v) is 8.76. The lowest BCUT2D eigenvalue weighted by Crippen LogP contribution is -2.32. The third-order valence-electron chi connectivity index (χ3n) is 4.27. The third kappa shape index (κ3) is 2.52. The SMILES string of the molecule is Cc1[nH]cc2sc(C(=O)N3CCC[C@H]3c3ccc(Cl)cc3)n[n+]12. The van der Waals surface area contributed by atoms with Gasteiger partial charge in [0.1, 0.15) is 6.20 Å². The Morgan fingerprint density at radius 3 is 2.96 bits per heavy atom. The molecule has 0 radical (unpaired) electrons. The number of aryl methyl sites for hydroxylation is 1. The summed E-state index contributed by atoms with van der Waals surface area (Å²) in [5.41, 5.74) is 1.13. The standard InChI is InChI=1S/C16H15ClN4OS/c1-10-18-9-14-21(10)19-15(23-14)16(22)20-8-2-3-13(20)11-4-6-12(17)7-5-11/h4-7,9,13H,2-3,8H2,1H3/p+1/t13-/m0/s1. The quantitative estimate of drug-likeness (QED) is 0.724. The molecule has 23 heavy (non-hydrogen) atoms. The van der Waals surface area contributed by atoms with Gasteiger partial charge < -0.3 is 4.90 Å². The van der Waals surface area contributed by atoms with Crippen LogP contribution in [0.4, 0.5) is 0 Å². The molecule has 1 atom stereocenters. The molecule has 1 N–H and O–H groups in total. The number of aromatic amines is 1. The zero-order chi connectivity index (χ0) is 16.0. The molecule has 4 rings (SSSR count). The van der Waals surface area contributed by atoms with Crippen molar-refractivity contribution in [1.82, 2.24) is 15.0 Å². The average molecular weight is 348 g/mol. The number of halogens is 1. The van der Waals surface area contributed by atoms with Crippen LogP contribution in [0.25, 0.3) is 4.83 Å². The van der Waals surface area contributed by atoms with E-state index in [2.05, 4.69) is 10.1 Å². The smallest absolute Gasteiger partial charge is 0.287 e. The maximum Gasteiger partial charge on any atom is 0.287 e. The van der Waals surface area contributed by atoms with E-state index in [1.807, 2.05) is 42.3 Å². The molecule has 0 saturated carbocycles. The van der Waals surface area contributed by atoms with Crippen molar-refractivity contribution >= 4 is 33.7 Å². The Balaban J connectivity index is 1.64. The number of benzene rings is 1. The van der Waals surface area contributed by atoms with Gasteiger partial charge in [-0.1, -0.05) is 44.7 Å². The molecule has 1 aromatic carbocycles. The highest BCUT2D eigenvalue weighted by molar-refractivity contribution is 7.18. The van der Waals surface area contributed by atoms with Gasteiger partial charge in [0.25, 0.3) is 16.6 Å². The fraction of sp³-hybridized carbons (Fsp3) is 0.312. The molecule has 0 aliphatic carbocycles. The van der Waals surface area contributed by atoms with Gasteiger partial charge in [0.15, 0.2) is 0 Å². The molecular formula is C16H16ClN4OS+. The Kier molecular flexibility index (Phi) is 3.58. The molecule has 1 aliphatic heterocycles. The van der Waals surface area contributed by atoms with E-state index in [0.717, 1.165) is 35.6 Å². The number of fused-ring (bicyclic) bond motifs is 1. The van der Waals surface area contributed by atoms with E-state index in [-0.39, 0.29) is 11.9 Å². The van der Waals surface area contributed by atoms with Crippen molar-refractivity contribution in [3.63, 3.8) is 0 Å². The fourth-order valence-corrected chi connectivity index (χ4v) is 4.14. The Labute approximate surface area is 142 Å². The van der Waals surface area contributed by atoms with Crippen LogP contribution >= 0.6 is 22.9 Å². The molecule has 0 unspecified atom stereocenters. The monoisotopic (exact) mass is 347 g/mol. The lowest BCUT2D eigenvalue weighted by atomic mass is 10.0. The summed E-state index contributed by atoms with van der Waals surface area (Å²) in [6, 6.07) is 7.88. The summed E-state index contributed by atoms with van der Waals surface area (Å²) in [7, 11) is 0. The van der Waals surface area contributed by atoms with Crippen LogP contribution in [-0.4, -0.2) is 27.4 Å². The van der Waals surface area contributed by atoms with Gasteiger partial charge in [0, 0.05) is 18.5 Å². The zero-order valence-corrected chi connectivity index (χ0v) is 14.2. The number of H-pyrrole nitrogens is 1. The fourth-order valence-electron chi connectivity index (χ4n) is 3.11. The largest absolute Gasteiger partial charge is 0.329 e. The number of carbonyl (C=O) groups excluding carboxylic acids is 1. The highest BCUT2D eigenvalue weighted by Crippen LogP contribution is 2.34. The van der Waals surface area contributed by atoms with E-state index in [1.165, 1.54) is 11.3 Å². The summed E-state index contributed by atoms with van der Waals surface area (Å²) >= 11 is 7.39. The van der Waals surface area contributed by atoms with Crippen molar-refractivity contribution in [1.29, 1.82) is 0 Å². The van der Waals surface area contributed by atoms with Gasteiger partial charge in [-0.3, -0.25) is 4.79 Å². The zero-order valence-electron chi connectivity index (χ0n) is 12.6. The Morgan fingerprint density at radius 1 is 1.43 bits per heavy atom. The number of likely N-dealkylation sites (tertiary alicyclic amines) is 1. The Hall–Kier alpha value is -1.92. The summed E-state index contributed by atoms with van der Waals surface area (Å²) in [6.07, 6.45) is 3.87. The highest BCUT2D eigenvalue weighted by Gasteiger charge is 2.33. The van der Waals surface area contributed by atoms with Gasteiger partial charge in [-0.2, -0.15) is 0 Å². The molecule has 0 spiro atoms. The summed E-state index contributed by atoms with van der Waals surface area (Å²) in [5.74, 6) is 0.932. The number of carbonyl (C=O) groups is 1. The van der Waals surface area contributed by atoms with Gasteiger partial charge in [-0.05, 0) is 30.5 Å². The number of rotatable bonds is 2. The van der Waals surface area contributed by atoms with E-state index in [1.54, 1.807) is 4.52 Å². The number of aromatic nitrogens is 3. The summed E-state index contributed by atoms with van der Waals surface area (Å²) in [4.78, 5) is 18.9. The molecule has 118 valence electrons. The Morgan fingerprint density at radius 2 is 2.22 bits per heavy atom. The second-order valence-corrected chi connectivity index (χ2v) is 7.19. The van der Waals surface area contributed by atoms with Gasteiger partial charge >= 0.3 is 0 Å².